The summed E-state index contributed by atoms with van der Waals surface area (Å²) in [7, 11) is 0. The third-order valence-electron chi connectivity index (χ3n) is 4.38. The van der Waals surface area contributed by atoms with Gasteiger partial charge in [0.05, 0.1) is 11.4 Å². The Balaban J connectivity index is 0.000000345. The first-order valence-corrected chi connectivity index (χ1v) is 9.49. The number of hydrogen-bond donors (Lipinski definition) is 1. The van der Waals surface area contributed by atoms with Crippen molar-refractivity contribution >= 4 is 5.97 Å². The summed E-state index contributed by atoms with van der Waals surface area (Å²) in [5.74, 6) is -4.27. The van der Waals surface area contributed by atoms with Crippen molar-refractivity contribution in [3.05, 3.63) is 101 Å². The van der Waals surface area contributed by atoms with Crippen molar-refractivity contribution in [3.8, 4) is 22.5 Å². The molecule has 0 saturated heterocycles. The molecular formula is C24H16F4IrN3O2-. The fraction of sp³-hybridized carbons (Fsp3) is 0.0833. The summed E-state index contributed by atoms with van der Waals surface area (Å²) in [6.45, 7) is 3.36. The van der Waals surface area contributed by atoms with Crippen molar-refractivity contribution in [2.45, 2.75) is 13.8 Å². The van der Waals surface area contributed by atoms with Crippen molar-refractivity contribution in [2.24, 2.45) is 0 Å². The van der Waals surface area contributed by atoms with E-state index in [1.165, 1.54) is 12.3 Å². The van der Waals surface area contributed by atoms with Gasteiger partial charge in [-0.05, 0) is 43.7 Å². The van der Waals surface area contributed by atoms with Crippen LogP contribution in [0.5, 0.6) is 0 Å². The van der Waals surface area contributed by atoms with Gasteiger partial charge in [0.1, 0.15) is 17.3 Å². The number of pyridine rings is 1. The minimum atomic E-state index is -0.990. The van der Waals surface area contributed by atoms with Gasteiger partial charge in [0.15, 0.2) is 0 Å². The monoisotopic (exact) mass is 647 g/mol. The van der Waals surface area contributed by atoms with Gasteiger partial charge < -0.3 is 5.11 Å². The number of halogens is 4. The predicted molar refractivity (Wildman–Crippen MR) is 112 cm³/mol. The van der Waals surface area contributed by atoms with Crippen LogP contribution in [0.15, 0.2) is 54.7 Å². The Hall–Kier alpha value is -3.49. The number of carbonyl (C=O) groups is 1. The number of aromatic carboxylic acids is 1. The first-order chi connectivity index (χ1) is 15.6. The third-order valence-corrected chi connectivity index (χ3v) is 4.38. The first-order valence-electron chi connectivity index (χ1n) is 9.49. The predicted octanol–water partition coefficient (Wildman–Crippen LogP) is 5.56. The van der Waals surface area contributed by atoms with Crippen LogP contribution in [0.4, 0.5) is 17.6 Å². The molecule has 177 valence electrons. The van der Waals surface area contributed by atoms with Crippen LogP contribution in [-0.4, -0.2) is 26.0 Å². The smallest absolute Gasteiger partial charge is 0.354 e. The Labute approximate surface area is 205 Å². The molecule has 0 atom stereocenters. The first kappa shape index (κ1) is 26.8. The molecule has 0 spiro atoms. The minimum Gasteiger partial charge on any atom is -0.477 e. The molecule has 0 bridgehead atoms. The number of rotatable bonds is 3. The Morgan fingerprint density at radius 2 is 1.44 bits per heavy atom. The van der Waals surface area contributed by atoms with E-state index in [0.717, 1.165) is 24.3 Å². The van der Waals surface area contributed by atoms with Crippen molar-refractivity contribution in [2.75, 3.05) is 0 Å². The Morgan fingerprint density at radius 3 is 1.94 bits per heavy atom. The fourth-order valence-corrected chi connectivity index (χ4v) is 2.80. The van der Waals surface area contributed by atoms with Crippen LogP contribution in [0.25, 0.3) is 22.5 Å². The Kier molecular flexibility index (Phi) is 9.11. The standard InChI is InChI=1S/C18H11F4N2.C6H5NO2.Ir/c1-9-10(2)24-18(12-5-15(21)8-16(22)6-12)17(23-9)11-3-13(19)7-14(20)4-11;8-6(9)5-3-1-2-4-7-5;/h3-5,7-8H,1-2H3;1-4H,(H,8,9);/q-1;;. The summed E-state index contributed by atoms with van der Waals surface area (Å²) in [6.07, 6.45) is 1.45. The summed E-state index contributed by atoms with van der Waals surface area (Å²) in [4.78, 5) is 22.3. The maximum Gasteiger partial charge on any atom is 0.354 e. The van der Waals surface area contributed by atoms with Crippen molar-refractivity contribution < 1.29 is 47.6 Å². The third kappa shape index (κ3) is 6.76. The van der Waals surface area contributed by atoms with Crippen LogP contribution in [0.3, 0.4) is 0 Å². The fourth-order valence-electron chi connectivity index (χ4n) is 2.80. The van der Waals surface area contributed by atoms with E-state index in [1.807, 2.05) is 0 Å². The van der Waals surface area contributed by atoms with Gasteiger partial charge in [0, 0.05) is 55.4 Å². The summed E-state index contributed by atoms with van der Waals surface area (Å²) >= 11 is 0. The molecule has 0 aliphatic heterocycles. The minimum absolute atomic E-state index is 0. The van der Waals surface area contributed by atoms with Crippen LogP contribution >= 0.6 is 0 Å². The van der Waals surface area contributed by atoms with Crippen molar-refractivity contribution in [1.29, 1.82) is 0 Å². The summed E-state index contributed by atoms with van der Waals surface area (Å²) in [6, 6.07) is 11.7. The van der Waals surface area contributed by atoms with E-state index in [-0.39, 0.29) is 48.3 Å². The van der Waals surface area contributed by atoms with E-state index in [1.54, 1.807) is 26.0 Å². The maximum atomic E-state index is 13.5. The molecule has 0 saturated carbocycles. The zero-order chi connectivity index (χ0) is 24.1. The molecule has 2 aromatic heterocycles. The summed E-state index contributed by atoms with van der Waals surface area (Å²) < 4.78 is 54.1. The maximum absolute atomic E-state index is 13.5. The van der Waals surface area contributed by atoms with Crippen molar-refractivity contribution in [3.63, 3.8) is 0 Å². The molecule has 4 aromatic rings. The van der Waals surface area contributed by atoms with E-state index in [0.29, 0.717) is 17.5 Å². The zero-order valence-corrected chi connectivity index (χ0v) is 20.1. The van der Waals surface area contributed by atoms with E-state index in [4.69, 9.17) is 5.11 Å². The molecule has 0 aliphatic carbocycles. The number of aromatic nitrogens is 3. The second-order valence-corrected chi connectivity index (χ2v) is 6.83. The molecule has 1 N–H and O–H groups in total. The summed E-state index contributed by atoms with van der Waals surface area (Å²) in [5.41, 5.74) is 1.51. The molecule has 10 heteroatoms. The molecular weight excluding hydrogens is 630 g/mol. The van der Waals surface area contributed by atoms with Gasteiger partial charge in [-0.1, -0.05) is 12.1 Å². The van der Waals surface area contributed by atoms with Gasteiger partial charge in [-0.15, -0.1) is 17.7 Å². The molecule has 4 rings (SSSR count). The zero-order valence-electron chi connectivity index (χ0n) is 17.7. The van der Waals surface area contributed by atoms with Gasteiger partial charge in [0.25, 0.3) is 0 Å². The van der Waals surface area contributed by atoms with Gasteiger partial charge in [-0.25, -0.2) is 27.3 Å². The summed E-state index contributed by atoms with van der Waals surface area (Å²) in [5, 5.41) is 8.32. The van der Waals surface area contributed by atoms with Gasteiger partial charge in [-0.2, -0.15) is 0 Å². The quantitative estimate of drug-likeness (QED) is 0.233. The Morgan fingerprint density at radius 1 is 0.853 bits per heavy atom. The largest absolute Gasteiger partial charge is 0.477 e. The number of hydrogen-bond acceptors (Lipinski definition) is 4. The number of benzene rings is 2. The normalized spacial score (nSPS) is 10.1. The molecule has 0 fully saturated rings. The molecule has 34 heavy (non-hydrogen) atoms. The van der Waals surface area contributed by atoms with Gasteiger partial charge in [0.2, 0.25) is 0 Å². The molecule has 0 amide bonds. The van der Waals surface area contributed by atoms with E-state index < -0.39 is 29.2 Å². The second-order valence-electron chi connectivity index (χ2n) is 6.83. The molecule has 1 radical (unpaired) electrons. The van der Waals surface area contributed by atoms with Crippen molar-refractivity contribution in [1.82, 2.24) is 15.0 Å². The second kappa shape index (κ2) is 11.6. The molecule has 2 aromatic carbocycles. The van der Waals surface area contributed by atoms with E-state index >= 15 is 0 Å². The molecule has 2 heterocycles. The average molecular weight is 647 g/mol. The molecule has 0 unspecified atom stereocenters. The van der Waals surface area contributed by atoms with E-state index in [9.17, 15) is 22.4 Å². The molecule has 5 nitrogen and oxygen atoms in total. The topological polar surface area (TPSA) is 76.0 Å². The van der Waals surface area contributed by atoms with E-state index in [2.05, 4.69) is 21.0 Å². The number of nitrogens with zero attached hydrogens (tertiary/aromatic N) is 3. The SMILES string of the molecule is Cc1nc(-c2[c-]c(F)cc(F)c2)c(-c2cc(F)cc(F)c2)nc1C.O=C(O)c1ccccn1.[Ir]. The average Bonchev–Trinajstić information content (AvgIpc) is 2.75. The Bertz CT molecular complexity index is 1200. The van der Waals surface area contributed by atoms with Crippen LogP contribution in [0.2, 0.25) is 0 Å². The van der Waals surface area contributed by atoms with Gasteiger partial charge in [-0.3, -0.25) is 9.97 Å². The van der Waals surface area contributed by atoms with Gasteiger partial charge >= 0.3 is 5.97 Å². The number of carboxylic acid groups (broad SMARTS) is 1. The van der Waals surface area contributed by atoms with Crippen LogP contribution < -0.4 is 0 Å². The molecule has 0 aliphatic rings. The van der Waals surface area contributed by atoms with Crippen LogP contribution in [0.1, 0.15) is 21.9 Å². The number of aryl methyl sites for hydroxylation is 2. The number of carboxylic acids is 1. The van der Waals surface area contributed by atoms with Crippen LogP contribution in [0, 0.1) is 43.2 Å². The van der Waals surface area contributed by atoms with Crippen LogP contribution in [-0.2, 0) is 20.1 Å².